The van der Waals surface area contributed by atoms with E-state index in [-0.39, 0.29) is 5.91 Å². The Bertz CT molecular complexity index is 203. The zero-order chi connectivity index (χ0) is 9.97. The van der Waals surface area contributed by atoms with Gasteiger partial charge in [-0.1, -0.05) is 0 Å². The highest BCUT2D eigenvalue weighted by Gasteiger charge is 2.28. The maximum absolute atomic E-state index is 11.1. The van der Waals surface area contributed by atoms with Crippen LogP contribution in [0.4, 0.5) is 0 Å². The van der Waals surface area contributed by atoms with Crippen LogP contribution in [-0.2, 0) is 4.79 Å². The van der Waals surface area contributed by atoms with E-state index in [0.29, 0.717) is 0 Å². The van der Waals surface area contributed by atoms with Crippen LogP contribution in [0.1, 0.15) is 32.6 Å². The number of rotatable bonds is 1. The van der Waals surface area contributed by atoms with E-state index in [1.165, 1.54) is 32.2 Å². The minimum atomic E-state index is 0.239. The Labute approximate surface area is 85.8 Å². The average molecular weight is 196 g/mol. The molecule has 1 amide bonds. The number of likely N-dealkylation sites (tertiary alicyclic amines) is 1. The van der Waals surface area contributed by atoms with Gasteiger partial charge in [-0.2, -0.15) is 0 Å². The lowest BCUT2D eigenvalue weighted by atomic mass is 9.88. The second-order valence-corrected chi connectivity index (χ2v) is 4.55. The number of piperidine rings is 1. The summed E-state index contributed by atoms with van der Waals surface area (Å²) in [6, 6.07) is 0.740. The van der Waals surface area contributed by atoms with Gasteiger partial charge < -0.3 is 10.2 Å². The minimum Gasteiger partial charge on any atom is -0.343 e. The monoisotopic (exact) mass is 196 g/mol. The molecule has 14 heavy (non-hydrogen) atoms. The zero-order valence-corrected chi connectivity index (χ0v) is 8.96. The normalized spacial score (nSPS) is 29.5. The van der Waals surface area contributed by atoms with Gasteiger partial charge >= 0.3 is 0 Å². The van der Waals surface area contributed by atoms with Crippen molar-refractivity contribution in [1.82, 2.24) is 10.2 Å². The Balaban J connectivity index is 1.80. The van der Waals surface area contributed by atoms with Gasteiger partial charge in [-0.3, -0.25) is 4.79 Å². The van der Waals surface area contributed by atoms with Crippen molar-refractivity contribution in [2.24, 2.45) is 5.92 Å². The van der Waals surface area contributed by atoms with Gasteiger partial charge in [-0.15, -0.1) is 0 Å². The van der Waals surface area contributed by atoms with Crippen LogP contribution in [0.3, 0.4) is 0 Å². The molecule has 1 N–H and O–H groups in total. The zero-order valence-electron chi connectivity index (χ0n) is 8.96. The number of hydrogen-bond acceptors (Lipinski definition) is 2. The van der Waals surface area contributed by atoms with Gasteiger partial charge in [0.1, 0.15) is 0 Å². The van der Waals surface area contributed by atoms with E-state index in [1.807, 2.05) is 4.90 Å². The second kappa shape index (κ2) is 4.30. The van der Waals surface area contributed by atoms with Gasteiger partial charge in [-0.25, -0.2) is 0 Å². The van der Waals surface area contributed by atoms with Gasteiger partial charge in [0.2, 0.25) is 5.91 Å². The maximum atomic E-state index is 11.1. The molecule has 1 unspecified atom stereocenters. The van der Waals surface area contributed by atoms with E-state index < -0.39 is 0 Å². The average Bonchev–Trinajstić information content (AvgIpc) is 2.71. The molecule has 0 radical (unpaired) electrons. The van der Waals surface area contributed by atoms with Crippen LogP contribution in [0, 0.1) is 5.92 Å². The highest BCUT2D eigenvalue weighted by atomic mass is 16.2. The molecular weight excluding hydrogens is 176 g/mol. The SMILES string of the molecule is CC(=O)N1CCC(C2CCCN2)CC1. The summed E-state index contributed by atoms with van der Waals surface area (Å²) in [7, 11) is 0. The fourth-order valence-corrected chi connectivity index (χ4v) is 2.73. The lowest BCUT2D eigenvalue weighted by Crippen LogP contribution is -2.42. The third kappa shape index (κ3) is 2.08. The van der Waals surface area contributed by atoms with E-state index in [9.17, 15) is 4.79 Å². The molecule has 0 saturated carbocycles. The summed E-state index contributed by atoms with van der Waals surface area (Å²) in [6.45, 7) is 4.81. The summed E-state index contributed by atoms with van der Waals surface area (Å²) in [5.74, 6) is 1.05. The van der Waals surface area contributed by atoms with Gasteiger partial charge in [0.25, 0.3) is 0 Å². The maximum Gasteiger partial charge on any atom is 0.219 e. The van der Waals surface area contributed by atoms with Crippen molar-refractivity contribution in [3.05, 3.63) is 0 Å². The molecular formula is C11H20N2O. The van der Waals surface area contributed by atoms with Crippen molar-refractivity contribution >= 4 is 5.91 Å². The lowest BCUT2D eigenvalue weighted by molar-refractivity contribution is -0.130. The first-order valence-corrected chi connectivity index (χ1v) is 5.76. The molecule has 0 aromatic heterocycles. The number of carbonyl (C=O) groups is 1. The summed E-state index contributed by atoms with van der Waals surface area (Å²) in [5.41, 5.74) is 0. The van der Waals surface area contributed by atoms with E-state index in [2.05, 4.69) is 5.32 Å². The van der Waals surface area contributed by atoms with Gasteiger partial charge in [0, 0.05) is 26.1 Å². The molecule has 3 nitrogen and oxygen atoms in total. The Hall–Kier alpha value is -0.570. The van der Waals surface area contributed by atoms with Crippen molar-refractivity contribution < 1.29 is 4.79 Å². The molecule has 80 valence electrons. The Morgan fingerprint density at radius 2 is 2.00 bits per heavy atom. The van der Waals surface area contributed by atoms with Crippen molar-refractivity contribution in [1.29, 1.82) is 0 Å². The minimum absolute atomic E-state index is 0.239. The third-order valence-corrected chi connectivity index (χ3v) is 3.65. The number of amides is 1. The fraction of sp³-hybridized carbons (Fsp3) is 0.909. The van der Waals surface area contributed by atoms with Crippen molar-refractivity contribution in [2.75, 3.05) is 19.6 Å². The van der Waals surface area contributed by atoms with Crippen LogP contribution in [0.25, 0.3) is 0 Å². The molecule has 2 fully saturated rings. The number of nitrogens with one attached hydrogen (secondary N) is 1. The predicted octanol–water partition coefficient (Wildman–Crippen LogP) is 0.997. The Morgan fingerprint density at radius 1 is 1.29 bits per heavy atom. The topological polar surface area (TPSA) is 32.3 Å². The Kier molecular flexibility index (Phi) is 3.06. The highest BCUT2D eigenvalue weighted by Crippen LogP contribution is 2.25. The van der Waals surface area contributed by atoms with Crippen LogP contribution in [0.15, 0.2) is 0 Å². The first-order chi connectivity index (χ1) is 6.77. The Morgan fingerprint density at radius 3 is 2.50 bits per heavy atom. The second-order valence-electron chi connectivity index (χ2n) is 4.55. The van der Waals surface area contributed by atoms with E-state index >= 15 is 0 Å². The highest BCUT2D eigenvalue weighted by molar-refractivity contribution is 5.73. The lowest BCUT2D eigenvalue weighted by Gasteiger charge is -2.34. The molecule has 0 spiro atoms. The smallest absolute Gasteiger partial charge is 0.219 e. The van der Waals surface area contributed by atoms with Crippen molar-refractivity contribution in [2.45, 2.75) is 38.6 Å². The molecule has 0 aliphatic carbocycles. The first kappa shape index (κ1) is 9.97. The molecule has 2 saturated heterocycles. The van der Waals surface area contributed by atoms with Crippen LogP contribution in [0.5, 0.6) is 0 Å². The molecule has 3 heteroatoms. The number of nitrogens with zero attached hydrogens (tertiary/aromatic N) is 1. The summed E-state index contributed by atoms with van der Waals surface area (Å²) >= 11 is 0. The quantitative estimate of drug-likeness (QED) is 0.678. The van der Waals surface area contributed by atoms with E-state index in [1.54, 1.807) is 6.92 Å². The summed E-state index contributed by atoms with van der Waals surface area (Å²) in [6.07, 6.45) is 5.05. The molecule has 2 aliphatic heterocycles. The molecule has 0 aromatic rings. The molecule has 0 aromatic carbocycles. The van der Waals surface area contributed by atoms with E-state index in [4.69, 9.17) is 0 Å². The molecule has 2 heterocycles. The first-order valence-electron chi connectivity index (χ1n) is 5.76. The molecule has 2 rings (SSSR count). The summed E-state index contributed by atoms with van der Waals surface area (Å²) in [5, 5.41) is 3.57. The van der Waals surface area contributed by atoms with E-state index in [0.717, 1.165) is 25.0 Å². The van der Waals surface area contributed by atoms with Crippen LogP contribution in [-0.4, -0.2) is 36.5 Å². The van der Waals surface area contributed by atoms with Crippen LogP contribution in [0.2, 0.25) is 0 Å². The largest absolute Gasteiger partial charge is 0.343 e. The van der Waals surface area contributed by atoms with Gasteiger partial charge in [0.15, 0.2) is 0 Å². The molecule has 1 atom stereocenters. The number of hydrogen-bond donors (Lipinski definition) is 1. The standard InChI is InChI=1S/C11H20N2O/c1-9(14)13-7-4-10(5-8-13)11-3-2-6-12-11/h10-12H,2-8H2,1H3. The van der Waals surface area contributed by atoms with Gasteiger partial charge in [-0.05, 0) is 38.1 Å². The van der Waals surface area contributed by atoms with Crippen molar-refractivity contribution in [3.63, 3.8) is 0 Å². The van der Waals surface area contributed by atoms with Crippen LogP contribution >= 0.6 is 0 Å². The van der Waals surface area contributed by atoms with Crippen LogP contribution < -0.4 is 5.32 Å². The molecule has 2 aliphatic rings. The third-order valence-electron chi connectivity index (χ3n) is 3.65. The molecule has 0 bridgehead atoms. The predicted molar refractivity (Wildman–Crippen MR) is 56.0 cm³/mol. The summed E-state index contributed by atoms with van der Waals surface area (Å²) < 4.78 is 0. The van der Waals surface area contributed by atoms with Gasteiger partial charge in [0.05, 0.1) is 0 Å². The number of carbonyl (C=O) groups excluding carboxylic acids is 1. The summed E-state index contributed by atoms with van der Waals surface area (Å²) in [4.78, 5) is 13.1. The fourth-order valence-electron chi connectivity index (χ4n) is 2.73. The van der Waals surface area contributed by atoms with Crippen molar-refractivity contribution in [3.8, 4) is 0 Å².